The Bertz CT molecular complexity index is 423. The van der Waals surface area contributed by atoms with E-state index in [-0.39, 0.29) is 0 Å². The van der Waals surface area contributed by atoms with Crippen LogP contribution in [0.2, 0.25) is 0 Å². The molecular weight excluding hydrogens is 186 g/mol. The van der Waals surface area contributed by atoms with Gasteiger partial charge in [0.2, 0.25) is 0 Å². The number of hydrogen-bond donors (Lipinski definition) is 1. The smallest absolute Gasteiger partial charge is 0.0964 e. The Balaban J connectivity index is 2.76. The van der Waals surface area contributed by atoms with E-state index in [1.54, 1.807) is 12.4 Å². The lowest BCUT2D eigenvalue weighted by Crippen LogP contribution is -2.18. The number of rotatable bonds is 1. The molecule has 2 rings (SSSR count). The van der Waals surface area contributed by atoms with Crippen molar-refractivity contribution >= 4 is 28.2 Å². The van der Waals surface area contributed by atoms with Gasteiger partial charge in [0, 0.05) is 28.7 Å². The molecule has 1 aromatic carbocycles. The van der Waals surface area contributed by atoms with Crippen molar-refractivity contribution in [1.82, 2.24) is 4.98 Å². The van der Waals surface area contributed by atoms with Gasteiger partial charge < -0.3 is 0 Å². The van der Waals surface area contributed by atoms with Gasteiger partial charge in [-0.25, -0.2) is 10.4 Å². The van der Waals surface area contributed by atoms with Crippen LogP contribution >= 0.6 is 11.8 Å². The molecule has 0 saturated heterocycles. The maximum absolute atomic E-state index is 5.65. The average molecular weight is 194 g/mol. The molecule has 0 aliphatic rings. The first-order valence-electron chi connectivity index (χ1n) is 3.82. The Morgan fingerprint density at radius 1 is 1.23 bits per heavy atom. The Labute approximate surface area is 80.8 Å². The molecule has 0 saturated carbocycles. The zero-order chi connectivity index (χ0) is 9.26. The fourth-order valence-electron chi connectivity index (χ4n) is 1.27. The highest BCUT2D eigenvalue weighted by Crippen LogP contribution is 2.24. The van der Waals surface area contributed by atoms with Crippen molar-refractivity contribution < 1.29 is 0 Å². The van der Waals surface area contributed by atoms with Crippen LogP contribution in [0.4, 0.5) is 5.69 Å². The standard InChI is InChI=1S/C9H8ClN3/c10-13(11)9-6-12-5-7-3-1-2-4-8(7)9/h1-6H,11H2. The summed E-state index contributed by atoms with van der Waals surface area (Å²) in [5, 5.41) is 2.02. The summed E-state index contributed by atoms with van der Waals surface area (Å²) in [6.07, 6.45) is 3.41. The molecule has 0 bridgehead atoms. The van der Waals surface area contributed by atoms with Crippen molar-refractivity contribution in [3.63, 3.8) is 0 Å². The van der Waals surface area contributed by atoms with Gasteiger partial charge >= 0.3 is 0 Å². The molecule has 0 fully saturated rings. The Morgan fingerprint density at radius 2 is 2.00 bits per heavy atom. The third-order valence-corrected chi connectivity index (χ3v) is 2.06. The van der Waals surface area contributed by atoms with Gasteiger partial charge in [-0.2, -0.15) is 0 Å². The molecule has 1 heterocycles. The molecule has 2 N–H and O–H groups in total. The molecule has 0 unspecified atom stereocenters. The largest absolute Gasteiger partial charge is 0.262 e. The minimum atomic E-state index is 0.708. The van der Waals surface area contributed by atoms with Gasteiger partial charge in [0.05, 0.1) is 11.9 Å². The minimum absolute atomic E-state index is 0.708. The number of halogens is 1. The van der Waals surface area contributed by atoms with Crippen LogP contribution in [-0.4, -0.2) is 4.98 Å². The van der Waals surface area contributed by atoms with Crippen LogP contribution in [0.5, 0.6) is 0 Å². The zero-order valence-electron chi connectivity index (χ0n) is 6.81. The van der Waals surface area contributed by atoms with Gasteiger partial charge in [0.25, 0.3) is 0 Å². The van der Waals surface area contributed by atoms with Crippen molar-refractivity contribution in [3.05, 3.63) is 36.7 Å². The van der Waals surface area contributed by atoms with Crippen LogP contribution in [0.15, 0.2) is 36.7 Å². The van der Waals surface area contributed by atoms with Crippen molar-refractivity contribution in [1.29, 1.82) is 0 Å². The molecule has 0 atom stereocenters. The van der Waals surface area contributed by atoms with E-state index in [0.717, 1.165) is 15.3 Å². The quantitative estimate of drug-likeness (QED) is 0.428. The first kappa shape index (κ1) is 8.29. The van der Waals surface area contributed by atoms with Crippen molar-refractivity contribution in [2.24, 2.45) is 5.84 Å². The van der Waals surface area contributed by atoms with E-state index in [2.05, 4.69) is 4.98 Å². The highest BCUT2D eigenvalue weighted by Gasteiger charge is 2.03. The third kappa shape index (κ3) is 1.43. The molecule has 0 aliphatic carbocycles. The average Bonchev–Trinajstić information content (AvgIpc) is 2.17. The predicted octanol–water partition coefficient (Wildman–Crippen LogP) is 2.07. The molecule has 0 aliphatic heterocycles. The molecule has 0 amide bonds. The Morgan fingerprint density at radius 3 is 2.77 bits per heavy atom. The van der Waals surface area contributed by atoms with Crippen LogP contribution in [0.3, 0.4) is 0 Å². The van der Waals surface area contributed by atoms with E-state index < -0.39 is 0 Å². The molecule has 66 valence electrons. The van der Waals surface area contributed by atoms with Crippen LogP contribution < -0.4 is 10.4 Å². The van der Waals surface area contributed by atoms with E-state index in [1.807, 2.05) is 24.3 Å². The lowest BCUT2D eigenvalue weighted by Gasteiger charge is -2.10. The van der Waals surface area contributed by atoms with E-state index in [1.165, 1.54) is 0 Å². The molecule has 4 heteroatoms. The SMILES string of the molecule is NN(Cl)c1cncc2ccccc12. The molecule has 0 spiro atoms. The highest BCUT2D eigenvalue weighted by molar-refractivity contribution is 6.26. The maximum Gasteiger partial charge on any atom is 0.0964 e. The summed E-state index contributed by atoms with van der Waals surface area (Å²) in [4.78, 5) is 4.03. The lowest BCUT2D eigenvalue weighted by atomic mass is 10.1. The summed E-state index contributed by atoms with van der Waals surface area (Å²) in [6, 6.07) is 7.80. The topological polar surface area (TPSA) is 42.1 Å². The number of aromatic nitrogens is 1. The van der Waals surface area contributed by atoms with Crippen LogP contribution in [0.25, 0.3) is 10.8 Å². The predicted molar refractivity (Wildman–Crippen MR) is 54.3 cm³/mol. The summed E-state index contributed by atoms with van der Waals surface area (Å²) in [6.45, 7) is 0. The van der Waals surface area contributed by atoms with Gasteiger partial charge in [-0.05, 0) is 0 Å². The second kappa shape index (κ2) is 3.20. The van der Waals surface area contributed by atoms with Gasteiger partial charge in [0.1, 0.15) is 0 Å². The van der Waals surface area contributed by atoms with Crippen molar-refractivity contribution in [2.45, 2.75) is 0 Å². The number of nitrogens with two attached hydrogens (primary N) is 1. The Kier molecular flexibility index (Phi) is 2.04. The molecule has 1 aromatic heterocycles. The van der Waals surface area contributed by atoms with Gasteiger partial charge in [-0.15, -0.1) is 0 Å². The number of benzene rings is 1. The third-order valence-electron chi connectivity index (χ3n) is 1.88. The van der Waals surface area contributed by atoms with E-state index in [9.17, 15) is 0 Å². The fourth-order valence-corrected chi connectivity index (χ4v) is 1.41. The number of pyridine rings is 1. The molecule has 0 radical (unpaired) electrons. The monoisotopic (exact) mass is 193 g/mol. The van der Waals surface area contributed by atoms with E-state index in [4.69, 9.17) is 17.6 Å². The fraction of sp³-hybridized carbons (Fsp3) is 0. The molecule has 2 aromatic rings. The van der Waals surface area contributed by atoms with Gasteiger partial charge in [-0.3, -0.25) is 4.98 Å². The van der Waals surface area contributed by atoms with Crippen molar-refractivity contribution in [2.75, 3.05) is 4.53 Å². The summed E-state index contributed by atoms with van der Waals surface area (Å²) >= 11 is 5.65. The second-order valence-electron chi connectivity index (χ2n) is 2.69. The minimum Gasteiger partial charge on any atom is -0.262 e. The van der Waals surface area contributed by atoms with Gasteiger partial charge in [-0.1, -0.05) is 24.3 Å². The van der Waals surface area contributed by atoms with Crippen LogP contribution in [-0.2, 0) is 0 Å². The summed E-state index contributed by atoms with van der Waals surface area (Å²) in [5.74, 6) is 5.44. The number of fused-ring (bicyclic) bond motifs is 1. The molecule has 13 heavy (non-hydrogen) atoms. The van der Waals surface area contributed by atoms with Crippen LogP contribution in [0, 0.1) is 0 Å². The summed E-state index contributed by atoms with van der Waals surface area (Å²) < 4.78 is 1.05. The summed E-state index contributed by atoms with van der Waals surface area (Å²) in [5.41, 5.74) is 0.708. The molecule has 3 nitrogen and oxygen atoms in total. The Hall–Kier alpha value is -1.32. The van der Waals surface area contributed by atoms with Gasteiger partial charge in [0.15, 0.2) is 0 Å². The number of anilines is 1. The van der Waals surface area contributed by atoms with E-state index >= 15 is 0 Å². The number of hydrazine groups is 1. The zero-order valence-corrected chi connectivity index (χ0v) is 7.57. The van der Waals surface area contributed by atoms with Crippen LogP contribution in [0.1, 0.15) is 0 Å². The highest BCUT2D eigenvalue weighted by atomic mass is 35.5. The first-order valence-corrected chi connectivity index (χ1v) is 4.16. The second-order valence-corrected chi connectivity index (χ2v) is 3.06. The maximum atomic E-state index is 5.65. The lowest BCUT2D eigenvalue weighted by molar-refractivity contribution is 1.18. The number of nitrogens with zero attached hydrogens (tertiary/aromatic N) is 2. The summed E-state index contributed by atoms with van der Waals surface area (Å²) in [7, 11) is 0. The molecular formula is C9H8ClN3. The van der Waals surface area contributed by atoms with Crippen molar-refractivity contribution in [3.8, 4) is 0 Å². The first-order chi connectivity index (χ1) is 6.29. The normalized spacial score (nSPS) is 10.3. The van der Waals surface area contributed by atoms with E-state index in [0.29, 0.717) is 5.69 Å². The number of hydrogen-bond acceptors (Lipinski definition) is 3.